The van der Waals surface area contributed by atoms with Crippen molar-refractivity contribution in [3.63, 3.8) is 0 Å². The lowest BCUT2D eigenvalue weighted by atomic mass is 10.1. The quantitative estimate of drug-likeness (QED) is 0.848. The Hall–Kier alpha value is -2.76. The molecule has 1 saturated heterocycles. The normalized spacial score (nSPS) is 22.7. The fourth-order valence-corrected chi connectivity index (χ4v) is 3.37. The van der Waals surface area contributed by atoms with E-state index >= 15 is 0 Å². The second-order valence-corrected chi connectivity index (χ2v) is 6.64. The lowest BCUT2D eigenvalue weighted by Crippen LogP contribution is -2.53. The van der Waals surface area contributed by atoms with Crippen molar-refractivity contribution in [3.05, 3.63) is 48.8 Å². The number of ether oxygens (including phenoxy) is 3. The molecule has 1 amide bonds. The summed E-state index contributed by atoms with van der Waals surface area (Å²) in [4.78, 5) is 18.8. The molecule has 2 unspecified atom stereocenters. The standard InChI is InChI=1S/C20H22N2O4/c1-14-19(26-18-7-3-2-6-17(18)24-14)20(23)22-11-8-15(9-12-22)25-16-5-4-10-21-13-16/h2-7,10,13-15,19H,8-9,11-12H2,1H3. The van der Waals surface area contributed by atoms with Crippen molar-refractivity contribution in [2.45, 2.75) is 38.1 Å². The zero-order valence-electron chi connectivity index (χ0n) is 14.7. The Balaban J connectivity index is 1.35. The van der Waals surface area contributed by atoms with E-state index < -0.39 is 6.10 Å². The van der Waals surface area contributed by atoms with E-state index in [-0.39, 0.29) is 18.1 Å². The Morgan fingerprint density at radius 3 is 2.54 bits per heavy atom. The first-order valence-electron chi connectivity index (χ1n) is 8.98. The maximum atomic E-state index is 12.9. The van der Waals surface area contributed by atoms with Gasteiger partial charge in [-0.25, -0.2) is 0 Å². The van der Waals surface area contributed by atoms with E-state index in [1.165, 1.54) is 0 Å². The van der Waals surface area contributed by atoms with Crippen LogP contribution in [0.2, 0.25) is 0 Å². The van der Waals surface area contributed by atoms with Gasteiger partial charge in [0.2, 0.25) is 6.10 Å². The van der Waals surface area contributed by atoms with Crippen LogP contribution in [-0.2, 0) is 4.79 Å². The number of rotatable bonds is 3. The van der Waals surface area contributed by atoms with Crippen LogP contribution in [0.25, 0.3) is 0 Å². The average molecular weight is 354 g/mol. The molecule has 3 heterocycles. The van der Waals surface area contributed by atoms with Gasteiger partial charge in [0.1, 0.15) is 18.0 Å². The molecule has 6 heteroatoms. The molecule has 2 atom stereocenters. The van der Waals surface area contributed by atoms with Crippen molar-refractivity contribution in [2.24, 2.45) is 0 Å². The number of amides is 1. The van der Waals surface area contributed by atoms with Crippen LogP contribution in [0.5, 0.6) is 17.2 Å². The van der Waals surface area contributed by atoms with Gasteiger partial charge in [0.25, 0.3) is 5.91 Å². The van der Waals surface area contributed by atoms with Gasteiger partial charge in [0.15, 0.2) is 11.5 Å². The van der Waals surface area contributed by atoms with Gasteiger partial charge in [0.05, 0.1) is 6.20 Å². The van der Waals surface area contributed by atoms with Crippen molar-refractivity contribution in [2.75, 3.05) is 13.1 Å². The Bertz CT molecular complexity index is 759. The zero-order chi connectivity index (χ0) is 17.9. The predicted molar refractivity (Wildman–Crippen MR) is 95.4 cm³/mol. The summed E-state index contributed by atoms with van der Waals surface area (Å²) in [5.74, 6) is 2.06. The Morgan fingerprint density at radius 1 is 1.12 bits per heavy atom. The first-order chi connectivity index (χ1) is 12.7. The summed E-state index contributed by atoms with van der Waals surface area (Å²) in [6.07, 6.45) is 4.19. The summed E-state index contributed by atoms with van der Waals surface area (Å²) >= 11 is 0. The van der Waals surface area contributed by atoms with Crippen molar-refractivity contribution in [3.8, 4) is 17.2 Å². The molecule has 2 aliphatic rings. The van der Waals surface area contributed by atoms with Crippen LogP contribution in [-0.4, -0.2) is 47.2 Å². The van der Waals surface area contributed by atoms with Crippen LogP contribution in [0.15, 0.2) is 48.8 Å². The van der Waals surface area contributed by atoms with Gasteiger partial charge >= 0.3 is 0 Å². The largest absolute Gasteiger partial charge is 0.489 e. The Morgan fingerprint density at radius 2 is 1.85 bits per heavy atom. The van der Waals surface area contributed by atoms with Crippen molar-refractivity contribution >= 4 is 5.91 Å². The summed E-state index contributed by atoms with van der Waals surface area (Å²) in [7, 11) is 0. The maximum absolute atomic E-state index is 12.9. The summed E-state index contributed by atoms with van der Waals surface area (Å²) in [6.45, 7) is 3.17. The molecule has 2 aliphatic heterocycles. The maximum Gasteiger partial charge on any atom is 0.267 e. The van der Waals surface area contributed by atoms with E-state index in [4.69, 9.17) is 14.2 Å². The Labute approximate surface area is 152 Å². The minimum absolute atomic E-state index is 0.0215. The molecule has 0 saturated carbocycles. The summed E-state index contributed by atoms with van der Waals surface area (Å²) in [5, 5.41) is 0. The molecule has 0 spiro atoms. The fourth-order valence-electron chi connectivity index (χ4n) is 3.37. The molecule has 0 N–H and O–H groups in total. The number of benzene rings is 1. The molecular weight excluding hydrogens is 332 g/mol. The number of piperidine rings is 1. The summed E-state index contributed by atoms with van der Waals surface area (Å²) in [5.41, 5.74) is 0. The zero-order valence-corrected chi connectivity index (χ0v) is 14.7. The summed E-state index contributed by atoms with van der Waals surface area (Å²) < 4.78 is 17.7. The minimum Gasteiger partial charge on any atom is -0.489 e. The van der Waals surface area contributed by atoms with Gasteiger partial charge in [-0.15, -0.1) is 0 Å². The molecule has 0 aliphatic carbocycles. The van der Waals surface area contributed by atoms with Crippen LogP contribution in [0.4, 0.5) is 0 Å². The number of nitrogens with zero attached hydrogens (tertiary/aromatic N) is 2. The number of carbonyl (C=O) groups is 1. The van der Waals surface area contributed by atoms with E-state index in [1.807, 2.05) is 48.2 Å². The van der Waals surface area contributed by atoms with E-state index in [0.29, 0.717) is 24.6 Å². The average Bonchev–Trinajstić information content (AvgIpc) is 2.68. The second-order valence-electron chi connectivity index (χ2n) is 6.64. The number of likely N-dealkylation sites (tertiary alicyclic amines) is 1. The third kappa shape index (κ3) is 3.45. The lowest BCUT2D eigenvalue weighted by Gasteiger charge is -2.37. The van der Waals surface area contributed by atoms with Crippen LogP contribution < -0.4 is 14.2 Å². The lowest BCUT2D eigenvalue weighted by molar-refractivity contribution is -0.146. The van der Waals surface area contributed by atoms with E-state index in [2.05, 4.69) is 4.98 Å². The number of pyridine rings is 1. The number of hydrogen-bond donors (Lipinski definition) is 0. The number of fused-ring (bicyclic) bond motifs is 1. The van der Waals surface area contributed by atoms with Gasteiger partial charge in [-0.05, 0) is 31.2 Å². The fraction of sp³-hybridized carbons (Fsp3) is 0.400. The number of aromatic nitrogens is 1. The van der Waals surface area contributed by atoms with Gasteiger partial charge in [-0.3, -0.25) is 9.78 Å². The van der Waals surface area contributed by atoms with Crippen molar-refractivity contribution in [1.82, 2.24) is 9.88 Å². The molecule has 2 aromatic rings. The first-order valence-corrected chi connectivity index (χ1v) is 8.98. The predicted octanol–water partition coefficient (Wildman–Crippen LogP) is 2.68. The highest BCUT2D eigenvalue weighted by atomic mass is 16.6. The Kier molecular flexibility index (Phi) is 4.65. The highest BCUT2D eigenvalue weighted by Crippen LogP contribution is 2.34. The number of carbonyl (C=O) groups excluding carboxylic acids is 1. The van der Waals surface area contributed by atoms with Gasteiger partial charge in [-0.2, -0.15) is 0 Å². The van der Waals surface area contributed by atoms with Crippen LogP contribution in [0, 0.1) is 0 Å². The van der Waals surface area contributed by atoms with Crippen molar-refractivity contribution < 1.29 is 19.0 Å². The molecule has 6 nitrogen and oxygen atoms in total. The third-order valence-electron chi connectivity index (χ3n) is 4.78. The topological polar surface area (TPSA) is 60.9 Å². The molecule has 1 aromatic heterocycles. The molecule has 136 valence electrons. The molecule has 0 bridgehead atoms. The molecule has 0 radical (unpaired) electrons. The molecular formula is C20H22N2O4. The minimum atomic E-state index is -0.610. The van der Waals surface area contributed by atoms with Crippen LogP contribution in [0.1, 0.15) is 19.8 Å². The van der Waals surface area contributed by atoms with Gasteiger partial charge in [0, 0.05) is 32.1 Å². The van der Waals surface area contributed by atoms with Crippen LogP contribution >= 0.6 is 0 Å². The second kappa shape index (κ2) is 7.23. The highest BCUT2D eigenvalue weighted by Gasteiger charge is 2.38. The van der Waals surface area contributed by atoms with E-state index in [9.17, 15) is 4.79 Å². The molecule has 1 fully saturated rings. The SMILES string of the molecule is CC1Oc2ccccc2OC1C(=O)N1CCC(Oc2cccnc2)CC1. The van der Waals surface area contributed by atoms with Gasteiger partial charge in [-0.1, -0.05) is 12.1 Å². The van der Waals surface area contributed by atoms with E-state index in [1.54, 1.807) is 12.4 Å². The smallest absolute Gasteiger partial charge is 0.267 e. The first kappa shape index (κ1) is 16.7. The molecule has 4 rings (SSSR count). The number of para-hydroxylation sites is 2. The van der Waals surface area contributed by atoms with Crippen LogP contribution in [0.3, 0.4) is 0 Å². The third-order valence-corrected chi connectivity index (χ3v) is 4.78. The molecule has 1 aromatic carbocycles. The summed E-state index contributed by atoms with van der Waals surface area (Å²) in [6, 6.07) is 11.2. The van der Waals surface area contributed by atoms with E-state index in [0.717, 1.165) is 18.6 Å². The molecule has 26 heavy (non-hydrogen) atoms. The highest BCUT2D eigenvalue weighted by molar-refractivity contribution is 5.82. The van der Waals surface area contributed by atoms with Crippen molar-refractivity contribution in [1.29, 1.82) is 0 Å². The monoisotopic (exact) mass is 354 g/mol. The number of hydrogen-bond acceptors (Lipinski definition) is 5. The van der Waals surface area contributed by atoms with Gasteiger partial charge < -0.3 is 19.1 Å².